The van der Waals surface area contributed by atoms with Crippen LogP contribution in [0.5, 0.6) is 0 Å². The van der Waals surface area contributed by atoms with Crippen molar-refractivity contribution in [2.45, 2.75) is 0 Å². The van der Waals surface area contributed by atoms with E-state index in [9.17, 15) is 4.79 Å². The number of fused-ring (bicyclic) bond motifs is 1. The monoisotopic (exact) mass is 202 g/mol. The fraction of sp³-hybridized carbons (Fsp3) is 0. The molecule has 2 rings (SSSR count). The smallest absolute Gasteiger partial charge is 0.316 e. The number of hydrogen-bond acceptors (Lipinski definition) is 3. The van der Waals surface area contributed by atoms with Gasteiger partial charge in [0, 0.05) is 6.20 Å². The molecule has 2 amide bonds. The lowest BCUT2D eigenvalue weighted by Gasteiger charge is -2.02. The van der Waals surface area contributed by atoms with Crippen LogP contribution in [-0.2, 0) is 0 Å². The van der Waals surface area contributed by atoms with Crippen molar-refractivity contribution in [2.24, 2.45) is 10.7 Å². The number of carbonyl (C=O) groups excluding carboxylic acids is 1. The number of anilines is 1. The second kappa shape index (κ2) is 3.83. The number of benzene rings is 1. The number of allylic oxidation sites excluding steroid dienone is 1. The molecule has 0 aromatic heterocycles. The van der Waals surface area contributed by atoms with E-state index in [4.69, 9.17) is 5.73 Å². The number of aliphatic imine (C=N–C) groups is 1. The van der Waals surface area contributed by atoms with Crippen molar-refractivity contribution in [3.63, 3.8) is 0 Å². The molecule has 0 fully saturated rings. The van der Waals surface area contributed by atoms with Gasteiger partial charge in [-0.1, -0.05) is 12.1 Å². The van der Waals surface area contributed by atoms with Gasteiger partial charge < -0.3 is 16.4 Å². The quantitative estimate of drug-likeness (QED) is 0.642. The number of hydrogen-bond donors (Lipinski definition) is 3. The summed E-state index contributed by atoms with van der Waals surface area (Å²) < 4.78 is 0. The SMILES string of the molecule is NC(=O)NC1=CNc2ccccc2N=C1. The molecule has 0 saturated carbocycles. The van der Waals surface area contributed by atoms with E-state index in [1.165, 1.54) is 0 Å². The van der Waals surface area contributed by atoms with Crippen LogP contribution >= 0.6 is 0 Å². The van der Waals surface area contributed by atoms with Crippen molar-refractivity contribution in [3.8, 4) is 0 Å². The highest BCUT2D eigenvalue weighted by Gasteiger charge is 2.04. The van der Waals surface area contributed by atoms with Crippen molar-refractivity contribution in [1.29, 1.82) is 0 Å². The molecule has 1 aromatic carbocycles. The molecular weight excluding hydrogens is 192 g/mol. The summed E-state index contributed by atoms with van der Waals surface area (Å²) in [5, 5.41) is 5.47. The third kappa shape index (κ3) is 2.14. The number of nitrogens with one attached hydrogen (secondary N) is 2. The van der Waals surface area contributed by atoms with E-state index in [0.717, 1.165) is 11.4 Å². The molecule has 0 unspecified atom stereocenters. The molecule has 15 heavy (non-hydrogen) atoms. The van der Waals surface area contributed by atoms with Crippen molar-refractivity contribution < 1.29 is 4.79 Å². The maximum Gasteiger partial charge on any atom is 0.316 e. The maximum absolute atomic E-state index is 10.6. The Labute approximate surface area is 86.7 Å². The molecule has 0 radical (unpaired) electrons. The molecule has 76 valence electrons. The van der Waals surface area contributed by atoms with E-state index in [0.29, 0.717) is 5.70 Å². The number of primary amides is 1. The molecule has 5 heteroatoms. The number of rotatable bonds is 1. The van der Waals surface area contributed by atoms with Crippen LogP contribution in [0.1, 0.15) is 0 Å². The predicted octanol–water partition coefficient (Wildman–Crippen LogP) is 1.32. The van der Waals surface area contributed by atoms with Crippen molar-refractivity contribution in [1.82, 2.24) is 5.32 Å². The number of amides is 2. The first-order valence-electron chi connectivity index (χ1n) is 4.42. The van der Waals surface area contributed by atoms with Gasteiger partial charge in [-0.3, -0.25) is 4.99 Å². The van der Waals surface area contributed by atoms with Crippen molar-refractivity contribution in [3.05, 3.63) is 36.2 Å². The Morgan fingerprint density at radius 2 is 2.20 bits per heavy atom. The lowest BCUT2D eigenvalue weighted by molar-refractivity contribution is 0.251. The van der Waals surface area contributed by atoms with Crippen LogP contribution in [0.15, 0.2) is 41.2 Å². The first-order chi connectivity index (χ1) is 7.25. The number of nitrogens with zero attached hydrogens (tertiary/aromatic N) is 1. The molecule has 1 aliphatic heterocycles. The van der Waals surface area contributed by atoms with Gasteiger partial charge >= 0.3 is 6.03 Å². The van der Waals surface area contributed by atoms with Gasteiger partial charge in [0.2, 0.25) is 0 Å². The number of para-hydroxylation sites is 2. The highest BCUT2D eigenvalue weighted by Crippen LogP contribution is 2.25. The number of urea groups is 1. The molecule has 1 aliphatic rings. The standard InChI is InChI=1S/C10H10N4O/c11-10(15)14-7-5-12-8-3-1-2-4-9(8)13-6-7/h1-6,12H,(H3,11,14,15). The second-order valence-electron chi connectivity index (χ2n) is 3.01. The normalized spacial score (nSPS) is 13.2. The van der Waals surface area contributed by atoms with Crippen LogP contribution < -0.4 is 16.4 Å². The van der Waals surface area contributed by atoms with Gasteiger partial charge in [-0.15, -0.1) is 0 Å². The Bertz CT molecular complexity index is 450. The lowest BCUT2D eigenvalue weighted by atomic mass is 10.3. The highest BCUT2D eigenvalue weighted by molar-refractivity contribution is 5.90. The Hall–Kier alpha value is -2.30. The fourth-order valence-electron chi connectivity index (χ4n) is 1.25. The molecule has 5 nitrogen and oxygen atoms in total. The Balaban J connectivity index is 2.25. The van der Waals surface area contributed by atoms with Crippen molar-refractivity contribution >= 4 is 23.6 Å². The zero-order valence-electron chi connectivity index (χ0n) is 7.90. The zero-order chi connectivity index (χ0) is 10.7. The van der Waals surface area contributed by atoms with Crippen LogP contribution in [0, 0.1) is 0 Å². The van der Waals surface area contributed by atoms with Crippen LogP contribution in [0.4, 0.5) is 16.2 Å². The molecule has 0 saturated heterocycles. The first-order valence-corrected chi connectivity index (χ1v) is 4.42. The summed E-state index contributed by atoms with van der Waals surface area (Å²) in [4.78, 5) is 14.8. The maximum atomic E-state index is 10.6. The van der Waals surface area contributed by atoms with Gasteiger partial charge in [-0.05, 0) is 12.1 Å². The van der Waals surface area contributed by atoms with Crippen LogP contribution in [0.3, 0.4) is 0 Å². The predicted molar refractivity (Wildman–Crippen MR) is 59.0 cm³/mol. The molecule has 4 N–H and O–H groups in total. The Morgan fingerprint density at radius 3 is 3.00 bits per heavy atom. The molecule has 0 atom stereocenters. The molecule has 0 aliphatic carbocycles. The molecule has 1 aromatic rings. The Morgan fingerprint density at radius 1 is 1.40 bits per heavy atom. The van der Waals surface area contributed by atoms with Gasteiger partial charge in [0.1, 0.15) is 0 Å². The average molecular weight is 202 g/mol. The summed E-state index contributed by atoms with van der Waals surface area (Å²) in [6.07, 6.45) is 3.18. The van der Waals surface area contributed by atoms with Crippen LogP contribution in [0.2, 0.25) is 0 Å². The van der Waals surface area contributed by atoms with E-state index in [1.807, 2.05) is 24.3 Å². The fourth-order valence-corrected chi connectivity index (χ4v) is 1.25. The second-order valence-corrected chi connectivity index (χ2v) is 3.01. The summed E-state index contributed by atoms with van der Waals surface area (Å²) in [7, 11) is 0. The van der Waals surface area contributed by atoms with Crippen LogP contribution in [-0.4, -0.2) is 12.2 Å². The largest absolute Gasteiger partial charge is 0.358 e. The van der Waals surface area contributed by atoms with Gasteiger partial charge in [0.05, 0.1) is 23.3 Å². The van der Waals surface area contributed by atoms with Crippen LogP contribution in [0.25, 0.3) is 0 Å². The summed E-state index contributed by atoms with van der Waals surface area (Å²) >= 11 is 0. The molecular formula is C10H10N4O. The van der Waals surface area contributed by atoms with Crippen molar-refractivity contribution in [2.75, 3.05) is 5.32 Å². The third-order valence-electron chi connectivity index (χ3n) is 1.90. The highest BCUT2D eigenvalue weighted by atomic mass is 16.2. The van der Waals surface area contributed by atoms with Gasteiger partial charge in [0.25, 0.3) is 0 Å². The third-order valence-corrected chi connectivity index (χ3v) is 1.90. The van der Waals surface area contributed by atoms with E-state index in [1.54, 1.807) is 12.4 Å². The number of carbonyl (C=O) groups is 1. The lowest BCUT2D eigenvalue weighted by Crippen LogP contribution is -2.29. The number of nitrogens with two attached hydrogens (primary N) is 1. The summed E-state index contributed by atoms with van der Waals surface area (Å²) in [6, 6.07) is 6.96. The summed E-state index contributed by atoms with van der Waals surface area (Å²) in [5.41, 5.74) is 7.22. The summed E-state index contributed by atoms with van der Waals surface area (Å²) in [6.45, 7) is 0. The first kappa shape index (κ1) is 9.26. The van der Waals surface area contributed by atoms with Gasteiger partial charge in [0.15, 0.2) is 0 Å². The molecule has 0 bridgehead atoms. The van der Waals surface area contributed by atoms with E-state index < -0.39 is 6.03 Å². The topological polar surface area (TPSA) is 79.5 Å². The van der Waals surface area contributed by atoms with E-state index in [-0.39, 0.29) is 0 Å². The molecule has 1 heterocycles. The van der Waals surface area contributed by atoms with E-state index in [2.05, 4.69) is 15.6 Å². The summed E-state index contributed by atoms with van der Waals surface area (Å²) in [5.74, 6) is 0. The minimum atomic E-state index is -0.611. The van der Waals surface area contributed by atoms with E-state index >= 15 is 0 Å². The average Bonchev–Trinajstić information content (AvgIpc) is 2.41. The minimum Gasteiger partial charge on any atom is -0.358 e. The Kier molecular flexibility index (Phi) is 2.37. The zero-order valence-corrected chi connectivity index (χ0v) is 7.90. The molecule has 0 spiro atoms. The van der Waals surface area contributed by atoms with Gasteiger partial charge in [-0.2, -0.15) is 0 Å². The minimum absolute atomic E-state index is 0.527. The van der Waals surface area contributed by atoms with Gasteiger partial charge in [-0.25, -0.2) is 4.79 Å².